The molecule has 0 radical (unpaired) electrons. The maximum atomic E-state index is 13.4. The third-order valence-electron chi connectivity index (χ3n) is 5.99. The maximum absolute atomic E-state index is 13.4. The summed E-state index contributed by atoms with van der Waals surface area (Å²) in [5, 5.41) is 9.82. The van der Waals surface area contributed by atoms with Gasteiger partial charge in [0.15, 0.2) is 5.11 Å². The molecule has 1 aliphatic heterocycles. The molecule has 2 amide bonds. The molecule has 0 aliphatic carbocycles. The Labute approximate surface area is 244 Å². The monoisotopic (exact) mass is 577 g/mol. The fourth-order valence-electron chi connectivity index (χ4n) is 4.16. The number of nitrogens with one attached hydrogen (secondary N) is 3. The molecule has 1 atom stereocenters. The number of fused-ring (bicyclic) bond motifs is 1. The van der Waals surface area contributed by atoms with E-state index in [1.165, 1.54) is 0 Å². The molecule has 3 aromatic rings. The number of alkyl carbamates (subject to hydrolysis) is 1. The molecule has 1 unspecified atom stereocenters. The van der Waals surface area contributed by atoms with E-state index in [0.717, 1.165) is 22.3 Å². The molecule has 1 aliphatic rings. The van der Waals surface area contributed by atoms with Gasteiger partial charge in [0, 0.05) is 36.3 Å². The van der Waals surface area contributed by atoms with Crippen LogP contribution in [-0.4, -0.2) is 41.6 Å². The van der Waals surface area contributed by atoms with Crippen molar-refractivity contribution in [1.29, 1.82) is 0 Å². The first-order valence-electron chi connectivity index (χ1n) is 12.8. The Kier molecular flexibility index (Phi) is 9.07. The normalized spacial score (nSPS) is 14.9. The lowest BCUT2D eigenvalue weighted by molar-refractivity contribution is -0.119. The summed E-state index contributed by atoms with van der Waals surface area (Å²) in [7, 11) is 1.71. The number of ether oxygens (including phenoxy) is 1. The van der Waals surface area contributed by atoms with E-state index in [2.05, 4.69) is 16.0 Å². The van der Waals surface area contributed by atoms with E-state index in [9.17, 15) is 9.59 Å². The molecule has 10 heteroatoms. The van der Waals surface area contributed by atoms with Crippen molar-refractivity contribution < 1.29 is 14.3 Å². The molecule has 0 saturated carbocycles. The van der Waals surface area contributed by atoms with Gasteiger partial charge in [-0.3, -0.25) is 4.79 Å². The summed E-state index contributed by atoms with van der Waals surface area (Å²) in [5.41, 5.74) is 4.27. The number of hydrogen-bond acceptors (Lipinski definition) is 5. The number of carbonyl (C=O) groups excluding carboxylic acids is 2. The molecule has 208 valence electrons. The van der Waals surface area contributed by atoms with Crippen molar-refractivity contribution in [1.82, 2.24) is 16.0 Å². The van der Waals surface area contributed by atoms with Crippen molar-refractivity contribution in [3.63, 3.8) is 0 Å². The Morgan fingerprint density at radius 1 is 1.00 bits per heavy atom. The number of benzene rings is 3. The Bertz CT molecular complexity index is 1440. The fourth-order valence-corrected chi connectivity index (χ4v) is 4.52. The van der Waals surface area contributed by atoms with Crippen LogP contribution in [0, 0.1) is 0 Å². The molecule has 3 N–H and O–H groups in total. The molecule has 40 heavy (non-hydrogen) atoms. The van der Waals surface area contributed by atoms with Crippen LogP contribution in [0.25, 0.3) is 0 Å². The van der Waals surface area contributed by atoms with Gasteiger partial charge >= 0.3 is 6.09 Å². The zero-order chi connectivity index (χ0) is 28.9. The van der Waals surface area contributed by atoms with Crippen LogP contribution in [0.2, 0.25) is 5.02 Å². The van der Waals surface area contributed by atoms with E-state index < -0.39 is 17.9 Å². The van der Waals surface area contributed by atoms with Crippen molar-refractivity contribution in [2.24, 2.45) is 4.99 Å². The molecule has 4 rings (SSSR count). The SMILES string of the molecule is CN1C(=O)C(NC(=S)NCc2cccc(CNC(=O)OC(C)(C)C)c2)N=C(c2ccccc2)c2cc(Cl)ccc21. The zero-order valence-corrected chi connectivity index (χ0v) is 24.4. The lowest BCUT2D eigenvalue weighted by atomic mass is 10.0. The number of nitrogens with zero attached hydrogens (tertiary/aromatic N) is 2. The number of likely N-dealkylation sites (N-methyl/N-ethyl adjacent to an activating group) is 1. The summed E-state index contributed by atoms with van der Waals surface area (Å²) < 4.78 is 5.29. The fraction of sp³-hybridized carbons (Fsp3) is 0.267. The van der Waals surface area contributed by atoms with Crippen LogP contribution < -0.4 is 20.9 Å². The Morgan fingerprint density at radius 3 is 2.35 bits per heavy atom. The average Bonchev–Trinajstić information content (AvgIpc) is 3.01. The van der Waals surface area contributed by atoms with Gasteiger partial charge in [0.25, 0.3) is 5.91 Å². The minimum Gasteiger partial charge on any atom is -0.444 e. The third kappa shape index (κ3) is 7.58. The molecule has 0 fully saturated rings. The number of benzodiazepines with no additional fused rings is 1. The van der Waals surface area contributed by atoms with Crippen LogP contribution in [-0.2, 0) is 22.6 Å². The van der Waals surface area contributed by atoms with Gasteiger partial charge in [0.1, 0.15) is 5.60 Å². The number of anilines is 1. The Balaban J connectivity index is 1.45. The predicted octanol–water partition coefficient (Wildman–Crippen LogP) is 5.17. The van der Waals surface area contributed by atoms with Crippen molar-refractivity contribution in [2.45, 2.75) is 45.6 Å². The number of amides is 2. The molecule has 1 heterocycles. The summed E-state index contributed by atoms with van der Waals surface area (Å²) in [6, 6.07) is 22.8. The number of hydrogen-bond donors (Lipinski definition) is 3. The number of thiocarbonyl (C=S) groups is 1. The van der Waals surface area contributed by atoms with E-state index in [0.29, 0.717) is 29.5 Å². The van der Waals surface area contributed by atoms with E-state index in [1.54, 1.807) is 18.0 Å². The Morgan fingerprint density at radius 2 is 1.68 bits per heavy atom. The first-order chi connectivity index (χ1) is 19.0. The molecular weight excluding hydrogens is 546 g/mol. The topological polar surface area (TPSA) is 95.1 Å². The minimum atomic E-state index is -0.948. The highest BCUT2D eigenvalue weighted by molar-refractivity contribution is 7.80. The number of carbonyl (C=O) groups is 2. The van der Waals surface area contributed by atoms with Gasteiger partial charge in [-0.05, 0) is 62.3 Å². The predicted molar refractivity (Wildman–Crippen MR) is 163 cm³/mol. The second-order valence-corrected chi connectivity index (χ2v) is 11.2. The second kappa shape index (κ2) is 12.5. The van der Waals surface area contributed by atoms with Crippen molar-refractivity contribution >= 4 is 52.3 Å². The highest BCUT2D eigenvalue weighted by atomic mass is 35.5. The zero-order valence-electron chi connectivity index (χ0n) is 22.8. The van der Waals surface area contributed by atoms with Gasteiger partial charge in [-0.2, -0.15) is 0 Å². The van der Waals surface area contributed by atoms with Gasteiger partial charge in [-0.25, -0.2) is 9.79 Å². The number of halogens is 1. The summed E-state index contributed by atoms with van der Waals surface area (Å²) >= 11 is 11.9. The quantitative estimate of drug-likeness (QED) is 0.350. The van der Waals surface area contributed by atoms with Gasteiger partial charge in [-0.15, -0.1) is 0 Å². The minimum absolute atomic E-state index is 0.256. The van der Waals surface area contributed by atoms with Crippen LogP contribution in [0.1, 0.15) is 43.0 Å². The van der Waals surface area contributed by atoms with E-state index >= 15 is 0 Å². The Hall–Kier alpha value is -3.95. The lowest BCUT2D eigenvalue weighted by Gasteiger charge is -2.22. The van der Waals surface area contributed by atoms with Crippen LogP contribution in [0.15, 0.2) is 77.8 Å². The van der Waals surface area contributed by atoms with Gasteiger partial charge in [-0.1, -0.05) is 66.2 Å². The highest BCUT2D eigenvalue weighted by Gasteiger charge is 2.30. The van der Waals surface area contributed by atoms with Gasteiger partial charge in [0.2, 0.25) is 6.17 Å². The van der Waals surface area contributed by atoms with Crippen LogP contribution >= 0.6 is 23.8 Å². The van der Waals surface area contributed by atoms with E-state index in [4.69, 9.17) is 33.5 Å². The third-order valence-corrected chi connectivity index (χ3v) is 6.49. The largest absolute Gasteiger partial charge is 0.444 e. The number of rotatable bonds is 6. The van der Waals surface area contributed by atoms with Crippen LogP contribution in [0.4, 0.5) is 10.5 Å². The van der Waals surface area contributed by atoms with Crippen molar-refractivity contribution in [3.8, 4) is 0 Å². The van der Waals surface area contributed by atoms with Gasteiger partial charge < -0.3 is 25.6 Å². The van der Waals surface area contributed by atoms with Crippen molar-refractivity contribution in [2.75, 3.05) is 11.9 Å². The summed E-state index contributed by atoms with van der Waals surface area (Å²) in [6.07, 6.45) is -1.42. The molecule has 0 spiro atoms. The first-order valence-corrected chi connectivity index (χ1v) is 13.6. The van der Waals surface area contributed by atoms with E-state index in [-0.39, 0.29) is 11.0 Å². The molecule has 0 aromatic heterocycles. The molecule has 8 nitrogen and oxygen atoms in total. The van der Waals surface area contributed by atoms with Gasteiger partial charge in [0.05, 0.1) is 11.4 Å². The molecule has 0 bridgehead atoms. The smallest absolute Gasteiger partial charge is 0.407 e. The van der Waals surface area contributed by atoms with Crippen LogP contribution in [0.3, 0.4) is 0 Å². The first kappa shape index (κ1) is 29.0. The molecule has 0 saturated heterocycles. The van der Waals surface area contributed by atoms with Crippen molar-refractivity contribution in [3.05, 3.63) is 100 Å². The second-order valence-electron chi connectivity index (χ2n) is 10.3. The van der Waals surface area contributed by atoms with E-state index in [1.807, 2.05) is 87.5 Å². The molecular formula is C30H32ClN5O3S. The lowest BCUT2D eigenvalue weighted by Crippen LogP contribution is -2.49. The average molecular weight is 578 g/mol. The summed E-state index contributed by atoms with van der Waals surface area (Å²) in [5.74, 6) is -0.256. The highest BCUT2D eigenvalue weighted by Crippen LogP contribution is 2.29. The maximum Gasteiger partial charge on any atom is 0.407 e. The summed E-state index contributed by atoms with van der Waals surface area (Å²) in [6.45, 7) is 6.19. The van der Waals surface area contributed by atoms with Crippen LogP contribution in [0.5, 0.6) is 0 Å². The summed E-state index contributed by atoms with van der Waals surface area (Å²) in [4.78, 5) is 31.8. The number of aliphatic imine (C=N–C) groups is 1. The standard InChI is InChI=1S/C30H32ClN5O3S/c1-30(2,3)39-29(38)33-18-20-10-8-9-19(15-20)17-32-28(40)35-26-27(37)36(4)24-14-13-22(31)16-23(24)25(34-26)21-11-6-5-7-12-21/h5-16,26H,17-18H2,1-4H3,(H,33,38)(H2,32,35,40). The molecule has 3 aromatic carbocycles.